The molecule has 1 aromatic heterocycles. The largest absolute Gasteiger partial charge is 0.333 e. The number of nitrogens with zero attached hydrogens (tertiary/aromatic N) is 3. The number of carbonyl (C=O) groups is 1. The highest BCUT2D eigenvalue weighted by molar-refractivity contribution is 7.07. The van der Waals surface area contributed by atoms with E-state index >= 15 is 0 Å². The SMILES string of the molecule is Cc1nnsc1C(=O)N1C[C@@H](c2ccccc2)[C@@H]2NCCCC[C@@H]21. The smallest absolute Gasteiger partial charge is 0.267 e. The Hall–Kier alpha value is -1.79. The van der Waals surface area contributed by atoms with Gasteiger partial charge in [-0.2, -0.15) is 0 Å². The van der Waals surface area contributed by atoms with Crippen LogP contribution in [0.15, 0.2) is 30.3 Å². The van der Waals surface area contributed by atoms with Crippen LogP contribution in [0.1, 0.15) is 46.1 Å². The van der Waals surface area contributed by atoms with Gasteiger partial charge in [-0.1, -0.05) is 41.2 Å². The van der Waals surface area contributed by atoms with Gasteiger partial charge in [0, 0.05) is 24.5 Å². The lowest BCUT2D eigenvalue weighted by atomic mass is 9.90. The van der Waals surface area contributed by atoms with Crippen molar-refractivity contribution in [2.45, 2.75) is 44.2 Å². The highest BCUT2D eigenvalue weighted by atomic mass is 32.1. The molecule has 0 radical (unpaired) electrons. The van der Waals surface area contributed by atoms with Crippen LogP contribution in [-0.2, 0) is 0 Å². The molecule has 3 atom stereocenters. The Bertz CT molecular complexity index is 717. The van der Waals surface area contributed by atoms with E-state index < -0.39 is 0 Å². The van der Waals surface area contributed by atoms with Crippen LogP contribution in [0.4, 0.5) is 0 Å². The number of hydrogen-bond acceptors (Lipinski definition) is 5. The third-order valence-electron chi connectivity index (χ3n) is 5.28. The fourth-order valence-electron chi connectivity index (χ4n) is 4.09. The molecule has 0 aliphatic carbocycles. The minimum absolute atomic E-state index is 0.0969. The van der Waals surface area contributed by atoms with Gasteiger partial charge >= 0.3 is 0 Å². The number of carbonyl (C=O) groups excluding carboxylic acids is 1. The number of aryl methyl sites for hydroxylation is 1. The van der Waals surface area contributed by atoms with E-state index in [1.165, 1.54) is 29.9 Å². The van der Waals surface area contributed by atoms with E-state index in [2.05, 4.69) is 44.1 Å². The maximum atomic E-state index is 13.1. The summed E-state index contributed by atoms with van der Waals surface area (Å²) in [5, 5.41) is 7.73. The van der Waals surface area contributed by atoms with Crippen LogP contribution in [0.3, 0.4) is 0 Å². The van der Waals surface area contributed by atoms with Crippen molar-refractivity contribution in [2.24, 2.45) is 0 Å². The number of likely N-dealkylation sites (tertiary alicyclic amines) is 1. The standard InChI is InChI=1S/C18H22N4OS/c1-12-17(24-21-20-12)18(23)22-11-14(13-7-3-2-4-8-13)16-15(22)9-5-6-10-19-16/h2-4,7-8,14-16,19H,5-6,9-11H2,1H3/t14-,15-,16-/m0/s1. The van der Waals surface area contributed by atoms with Crippen molar-refractivity contribution in [2.75, 3.05) is 13.1 Å². The second-order valence-electron chi connectivity index (χ2n) is 6.71. The number of aromatic nitrogens is 2. The van der Waals surface area contributed by atoms with Crippen molar-refractivity contribution in [1.29, 1.82) is 0 Å². The van der Waals surface area contributed by atoms with Crippen LogP contribution in [0, 0.1) is 6.92 Å². The third kappa shape index (κ3) is 2.74. The molecule has 4 rings (SSSR count). The van der Waals surface area contributed by atoms with E-state index in [9.17, 15) is 4.79 Å². The maximum absolute atomic E-state index is 13.1. The minimum Gasteiger partial charge on any atom is -0.333 e. The average molecular weight is 342 g/mol. The minimum atomic E-state index is 0.0969. The second-order valence-corrected chi connectivity index (χ2v) is 7.46. The number of amides is 1. The molecule has 126 valence electrons. The number of hydrogen-bond donors (Lipinski definition) is 1. The average Bonchev–Trinajstić information content (AvgIpc) is 3.11. The molecule has 2 aliphatic heterocycles. The zero-order valence-corrected chi connectivity index (χ0v) is 14.6. The molecule has 0 unspecified atom stereocenters. The Morgan fingerprint density at radius 2 is 2.12 bits per heavy atom. The summed E-state index contributed by atoms with van der Waals surface area (Å²) in [6, 6.07) is 11.2. The molecule has 2 aliphatic rings. The van der Waals surface area contributed by atoms with Gasteiger partial charge in [0.25, 0.3) is 5.91 Å². The molecule has 0 spiro atoms. The number of fused-ring (bicyclic) bond motifs is 1. The van der Waals surface area contributed by atoms with E-state index in [0.717, 1.165) is 25.2 Å². The highest BCUT2D eigenvalue weighted by Gasteiger charge is 2.45. The van der Waals surface area contributed by atoms with Crippen LogP contribution in [0.2, 0.25) is 0 Å². The van der Waals surface area contributed by atoms with Gasteiger partial charge in [-0.25, -0.2) is 0 Å². The number of nitrogens with one attached hydrogen (secondary N) is 1. The first-order chi connectivity index (χ1) is 11.8. The summed E-state index contributed by atoms with van der Waals surface area (Å²) in [4.78, 5) is 15.9. The fourth-order valence-corrected chi connectivity index (χ4v) is 4.70. The normalized spacial score (nSPS) is 26.9. The molecule has 0 bridgehead atoms. The van der Waals surface area contributed by atoms with Gasteiger partial charge in [-0.3, -0.25) is 4.79 Å². The number of benzene rings is 1. The van der Waals surface area contributed by atoms with Gasteiger partial charge in [0.1, 0.15) is 4.88 Å². The number of rotatable bonds is 2. The summed E-state index contributed by atoms with van der Waals surface area (Å²) < 4.78 is 3.94. The zero-order chi connectivity index (χ0) is 16.5. The molecular formula is C18H22N4OS. The maximum Gasteiger partial charge on any atom is 0.267 e. The molecule has 0 saturated carbocycles. The molecule has 1 aromatic carbocycles. The van der Waals surface area contributed by atoms with Crippen molar-refractivity contribution in [3.05, 3.63) is 46.5 Å². The highest BCUT2D eigenvalue weighted by Crippen LogP contribution is 2.37. The summed E-state index contributed by atoms with van der Waals surface area (Å²) in [5.41, 5.74) is 2.06. The van der Waals surface area contributed by atoms with Gasteiger partial charge in [-0.05, 0) is 43.4 Å². The molecule has 2 aromatic rings. The molecule has 5 nitrogen and oxygen atoms in total. The van der Waals surface area contributed by atoms with E-state index in [0.29, 0.717) is 16.8 Å². The van der Waals surface area contributed by atoms with Crippen LogP contribution < -0.4 is 5.32 Å². The molecule has 1 amide bonds. The Kier molecular flexibility index (Phi) is 4.33. The Labute approximate surface area is 146 Å². The summed E-state index contributed by atoms with van der Waals surface area (Å²) >= 11 is 1.21. The van der Waals surface area contributed by atoms with Crippen LogP contribution in [0.25, 0.3) is 0 Å². The predicted molar refractivity (Wildman–Crippen MR) is 94.3 cm³/mol. The van der Waals surface area contributed by atoms with E-state index in [1.54, 1.807) is 0 Å². The van der Waals surface area contributed by atoms with E-state index in [4.69, 9.17) is 0 Å². The Morgan fingerprint density at radius 1 is 1.29 bits per heavy atom. The van der Waals surface area contributed by atoms with Gasteiger partial charge in [0.15, 0.2) is 0 Å². The third-order valence-corrected chi connectivity index (χ3v) is 6.10. The first-order valence-electron chi connectivity index (χ1n) is 8.64. The fraction of sp³-hybridized carbons (Fsp3) is 0.500. The first-order valence-corrected chi connectivity index (χ1v) is 9.41. The first kappa shape index (κ1) is 15.7. The predicted octanol–water partition coefficient (Wildman–Crippen LogP) is 2.60. The Balaban J connectivity index is 1.67. The Morgan fingerprint density at radius 3 is 2.88 bits per heavy atom. The van der Waals surface area contributed by atoms with Crippen molar-refractivity contribution in [1.82, 2.24) is 19.8 Å². The van der Waals surface area contributed by atoms with Crippen molar-refractivity contribution in [3.8, 4) is 0 Å². The lowest BCUT2D eigenvalue weighted by Gasteiger charge is -2.27. The summed E-state index contributed by atoms with van der Waals surface area (Å²) in [6.45, 7) is 3.67. The van der Waals surface area contributed by atoms with Crippen molar-refractivity contribution < 1.29 is 4.79 Å². The van der Waals surface area contributed by atoms with Crippen LogP contribution in [0.5, 0.6) is 0 Å². The van der Waals surface area contributed by atoms with Crippen LogP contribution >= 0.6 is 11.5 Å². The van der Waals surface area contributed by atoms with Gasteiger partial charge in [0.2, 0.25) is 0 Å². The topological polar surface area (TPSA) is 58.1 Å². The molecule has 2 saturated heterocycles. The molecule has 24 heavy (non-hydrogen) atoms. The lowest BCUT2D eigenvalue weighted by Crippen LogP contribution is -2.44. The van der Waals surface area contributed by atoms with E-state index in [-0.39, 0.29) is 11.9 Å². The molecule has 1 N–H and O–H groups in total. The lowest BCUT2D eigenvalue weighted by molar-refractivity contribution is 0.0725. The monoisotopic (exact) mass is 342 g/mol. The van der Waals surface area contributed by atoms with Crippen molar-refractivity contribution in [3.63, 3.8) is 0 Å². The quantitative estimate of drug-likeness (QED) is 0.911. The molecule has 2 fully saturated rings. The second kappa shape index (κ2) is 6.61. The summed E-state index contributed by atoms with van der Waals surface area (Å²) in [6.07, 6.45) is 3.41. The van der Waals surface area contributed by atoms with Gasteiger partial charge in [-0.15, -0.1) is 5.10 Å². The van der Waals surface area contributed by atoms with Gasteiger partial charge < -0.3 is 10.2 Å². The molecule has 6 heteroatoms. The van der Waals surface area contributed by atoms with E-state index in [1.807, 2.05) is 13.0 Å². The molecular weight excluding hydrogens is 320 g/mol. The van der Waals surface area contributed by atoms with Crippen molar-refractivity contribution >= 4 is 17.4 Å². The summed E-state index contributed by atoms with van der Waals surface area (Å²) in [5.74, 6) is 0.444. The summed E-state index contributed by atoms with van der Waals surface area (Å²) in [7, 11) is 0. The van der Waals surface area contributed by atoms with Crippen LogP contribution in [-0.4, -0.2) is 45.6 Å². The zero-order valence-electron chi connectivity index (χ0n) is 13.8. The molecule has 3 heterocycles. The van der Waals surface area contributed by atoms with Gasteiger partial charge in [0.05, 0.1) is 5.69 Å².